The van der Waals surface area contributed by atoms with E-state index in [1.54, 1.807) is 35.5 Å². The lowest BCUT2D eigenvalue weighted by Gasteiger charge is -2.35. The number of anilines is 1. The van der Waals surface area contributed by atoms with E-state index in [4.69, 9.17) is 4.74 Å². The molecular weight excluding hydrogens is 468 g/mol. The summed E-state index contributed by atoms with van der Waals surface area (Å²) in [4.78, 5) is 33.2. The van der Waals surface area contributed by atoms with Crippen molar-refractivity contribution >= 4 is 17.6 Å². The minimum absolute atomic E-state index is 0.0804. The van der Waals surface area contributed by atoms with Crippen molar-refractivity contribution in [3.8, 4) is 17.6 Å². The molecule has 2 amide bonds. The molecule has 190 valence electrons. The van der Waals surface area contributed by atoms with Crippen LogP contribution in [0.1, 0.15) is 52.2 Å². The third kappa shape index (κ3) is 6.82. The maximum Gasteiger partial charge on any atom is 0.271 e. The average Bonchev–Trinajstić information content (AvgIpc) is 2.95. The maximum atomic E-state index is 13.1. The van der Waals surface area contributed by atoms with Crippen LogP contribution in [0.25, 0.3) is 0 Å². The minimum Gasteiger partial charge on any atom is -0.494 e. The number of piperazine rings is 1. The Kier molecular flexibility index (Phi) is 8.66. The van der Waals surface area contributed by atoms with Crippen LogP contribution in [0.3, 0.4) is 0 Å². The first-order chi connectivity index (χ1) is 18.1. The molecule has 0 bridgehead atoms. The number of amides is 2. The Morgan fingerprint density at radius 2 is 1.78 bits per heavy atom. The zero-order valence-electron chi connectivity index (χ0n) is 21.1. The molecule has 4 rings (SSSR count). The number of carbonyl (C=O) groups is 2. The van der Waals surface area contributed by atoms with Crippen molar-refractivity contribution in [3.63, 3.8) is 0 Å². The van der Waals surface area contributed by atoms with Gasteiger partial charge in [0.05, 0.1) is 12.2 Å². The highest BCUT2D eigenvalue weighted by Gasteiger charge is 2.23. The van der Waals surface area contributed by atoms with Crippen LogP contribution in [-0.2, 0) is 0 Å². The molecule has 9 heteroatoms. The lowest BCUT2D eigenvalue weighted by Crippen LogP contribution is -2.49. The van der Waals surface area contributed by atoms with Crippen LogP contribution in [0, 0.1) is 11.8 Å². The molecule has 1 N–H and O–H groups in total. The van der Waals surface area contributed by atoms with Gasteiger partial charge in [0.15, 0.2) is 11.5 Å². The summed E-state index contributed by atoms with van der Waals surface area (Å²) in [5.41, 5.74) is 2.30. The Morgan fingerprint density at radius 3 is 2.51 bits per heavy atom. The van der Waals surface area contributed by atoms with Gasteiger partial charge in [0.25, 0.3) is 11.8 Å². The molecule has 37 heavy (non-hydrogen) atoms. The second-order valence-corrected chi connectivity index (χ2v) is 8.49. The van der Waals surface area contributed by atoms with Crippen molar-refractivity contribution in [2.75, 3.05) is 44.2 Å². The fourth-order valence-corrected chi connectivity index (χ4v) is 3.87. The summed E-state index contributed by atoms with van der Waals surface area (Å²) in [6.45, 7) is 7.44. The molecule has 3 heterocycles. The fourth-order valence-electron chi connectivity index (χ4n) is 3.87. The quantitative estimate of drug-likeness (QED) is 0.500. The number of ether oxygens (including phenoxy) is 1. The van der Waals surface area contributed by atoms with Gasteiger partial charge in [0, 0.05) is 56.2 Å². The lowest BCUT2D eigenvalue weighted by molar-refractivity contribution is 0.0745. The van der Waals surface area contributed by atoms with Crippen molar-refractivity contribution < 1.29 is 14.3 Å². The molecule has 0 saturated carbocycles. The Hall–Kier alpha value is -4.45. The number of carbonyl (C=O) groups excluding carboxylic acids is 2. The molecule has 0 spiro atoms. The van der Waals surface area contributed by atoms with Crippen molar-refractivity contribution in [3.05, 3.63) is 77.2 Å². The molecule has 1 aliphatic heterocycles. The first-order valence-corrected chi connectivity index (χ1v) is 12.4. The predicted molar refractivity (Wildman–Crippen MR) is 141 cm³/mol. The van der Waals surface area contributed by atoms with Gasteiger partial charge >= 0.3 is 0 Å². The number of benzene rings is 1. The number of aromatic nitrogens is 3. The third-order valence-corrected chi connectivity index (χ3v) is 5.79. The minimum atomic E-state index is -0.226. The molecule has 1 aromatic carbocycles. The molecule has 2 aromatic heterocycles. The number of hydrogen-bond acceptors (Lipinski definition) is 7. The van der Waals surface area contributed by atoms with Crippen LogP contribution < -0.4 is 15.0 Å². The smallest absolute Gasteiger partial charge is 0.271 e. The summed E-state index contributed by atoms with van der Waals surface area (Å²) in [5.74, 6) is 7.35. The summed E-state index contributed by atoms with van der Waals surface area (Å²) in [6, 6.07) is 12.8. The highest BCUT2D eigenvalue weighted by Crippen LogP contribution is 2.16. The van der Waals surface area contributed by atoms with Gasteiger partial charge in [-0.05, 0) is 49.7 Å². The lowest BCUT2D eigenvalue weighted by atomic mass is 10.1. The molecule has 3 aromatic rings. The van der Waals surface area contributed by atoms with Gasteiger partial charge in [-0.1, -0.05) is 24.8 Å². The monoisotopic (exact) mass is 498 g/mol. The second-order valence-electron chi connectivity index (χ2n) is 8.49. The normalized spacial score (nSPS) is 12.9. The van der Waals surface area contributed by atoms with Crippen molar-refractivity contribution in [2.45, 2.75) is 20.3 Å². The Labute approximate surface area is 216 Å². The van der Waals surface area contributed by atoms with Crippen molar-refractivity contribution in [2.24, 2.45) is 0 Å². The SMILES string of the molecule is CCCNC(=O)c1ccc(N2CCN(C(=O)c3cncc(C#Cc4cccc(OCC)c4)c3)CC2)nn1. The van der Waals surface area contributed by atoms with E-state index >= 15 is 0 Å². The Morgan fingerprint density at radius 1 is 0.973 bits per heavy atom. The van der Waals surface area contributed by atoms with Crippen LogP contribution in [0.4, 0.5) is 5.82 Å². The topological polar surface area (TPSA) is 101 Å². The second kappa shape index (κ2) is 12.5. The summed E-state index contributed by atoms with van der Waals surface area (Å²) >= 11 is 0. The van der Waals surface area contributed by atoms with E-state index in [1.165, 1.54) is 0 Å². The standard InChI is InChI=1S/C28H30N6O3/c1-3-12-30-27(35)25-10-11-26(32-31-25)33-13-15-34(16-14-33)28(36)23-17-22(19-29-20-23)9-8-21-6-5-7-24(18-21)37-4-2/h5-7,10-11,17-20H,3-4,12-16H2,1-2H3,(H,30,35). The van der Waals surface area contributed by atoms with Crippen LogP contribution >= 0.6 is 0 Å². The highest BCUT2D eigenvalue weighted by atomic mass is 16.5. The van der Waals surface area contributed by atoms with E-state index in [9.17, 15) is 9.59 Å². The largest absolute Gasteiger partial charge is 0.494 e. The summed E-state index contributed by atoms with van der Waals surface area (Å²) < 4.78 is 5.52. The molecule has 0 unspecified atom stereocenters. The number of nitrogens with zero attached hydrogens (tertiary/aromatic N) is 5. The summed E-state index contributed by atoms with van der Waals surface area (Å²) in [6.07, 6.45) is 4.08. The van der Waals surface area contributed by atoms with E-state index in [0.29, 0.717) is 62.0 Å². The number of nitrogens with one attached hydrogen (secondary N) is 1. The van der Waals surface area contributed by atoms with E-state index in [-0.39, 0.29) is 11.8 Å². The summed E-state index contributed by atoms with van der Waals surface area (Å²) in [7, 11) is 0. The molecule has 1 aliphatic rings. The van der Waals surface area contributed by atoms with Crippen molar-refractivity contribution in [1.82, 2.24) is 25.4 Å². The van der Waals surface area contributed by atoms with Crippen LogP contribution in [0.2, 0.25) is 0 Å². The van der Waals surface area contributed by atoms with Gasteiger partial charge in [0.1, 0.15) is 5.75 Å². The fraction of sp³-hybridized carbons (Fsp3) is 0.321. The van der Waals surface area contributed by atoms with E-state index in [0.717, 1.165) is 17.7 Å². The van der Waals surface area contributed by atoms with Crippen LogP contribution in [-0.4, -0.2) is 71.2 Å². The number of pyridine rings is 1. The molecule has 0 atom stereocenters. The highest BCUT2D eigenvalue weighted by molar-refractivity contribution is 5.94. The Bertz CT molecular complexity index is 1290. The van der Waals surface area contributed by atoms with Gasteiger partial charge < -0.3 is 19.9 Å². The molecule has 1 saturated heterocycles. The van der Waals surface area contributed by atoms with E-state index < -0.39 is 0 Å². The summed E-state index contributed by atoms with van der Waals surface area (Å²) in [5, 5.41) is 11.1. The van der Waals surface area contributed by atoms with Gasteiger partial charge in [-0.15, -0.1) is 10.2 Å². The van der Waals surface area contributed by atoms with Crippen molar-refractivity contribution in [1.29, 1.82) is 0 Å². The van der Waals surface area contributed by atoms with Gasteiger partial charge in [-0.25, -0.2) is 0 Å². The van der Waals surface area contributed by atoms with Gasteiger partial charge in [-0.2, -0.15) is 0 Å². The molecule has 0 aliphatic carbocycles. The predicted octanol–water partition coefficient (Wildman–Crippen LogP) is 2.77. The first kappa shape index (κ1) is 25.6. The third-order valence-electron chi connectivity index (χ3n) is 5.79. The average molecular weight is 499 g/mol. The molecule has 9 nitrogen and oxygen atoms in total. The van der Waals surface area contributed by atoms with E-state index in [2.05, 4.69) is 37.2 Å². The molecular formula is C28H30N6O3. The van der Waals surface area contributed by atoms with Gasteiger partial charge in [0.2, 0.25) is 0 Å². The Balaban J connectivity index is 1.35. The number of hydrogen-bond donors (Lipinski definition) is 1. The maximum absolute atomic E-state index is 13.1. The number of rotatable bonds is 7. The van der Waals surface area contributed by atoms with Crippen LogP contribution in [0.5, 0.6) is 5.75 Å². The zero-order chi connectivity index (χ0) is 26.0. The molecule has 0 radical (unpaired) electrons. The van der Waals surface area contributed by atoms with Gasteiger partial charge in [-0.3, -0.25) is 14.6 Å². The first-order valence-electron chi connectivity index (χ1n) is 12.4. The molecule has 1 fully saturated rings. The van der Waals surface area contributed by atoms with E-state index in [1.807, 2.05) is 38.1 Å². The zero-order valence-corrected chi connectivity index (χ0v) is 21.1. The van der Waals surface area contributed by atoms with Crippen LogP contribution in [0.15, 0.2) is 54.9 Å².